The molecule has 2 rings (SSSR count). The number of carboxylic acid groups (broad SMARTS) is 1. The van der Waals surface area contributed by atoms with Gasteiger partial charge in [0.2, 0.25) is 0 Å². The van der Waals surface area contributed by atoms with Crippen LogP contribution in [-0.4, -0.2) is 60.9 Å². The number of imide groups is 1. The summed E-state index contributed by atoms with van der Waals surface area (Å²) < 4.78 is 23.5. The van der Waals surface area contributed by atoms with Crippen molar-refractivity contribution in [3.05, 3.63) is 35.4 Å². The highest BCUT2D eigenvalue weighted by Gasteiger charge is 2.35. The summed E-state index contributed by atoms with van der Waals surface area (Å²) in [5, 5.41) is 10.3. The van der Waals surface area contributed by atoms with E-state index in [0.717, 1.165) is 4.90 Å². The van der Waals surface area contributed by atoms with Crippen molar-refractivity contribution in [1.29, 1.82) is 0 Å². The van der Waals surface area contributed by atoms with Crippen LogP contribution in [0.2, 0.25) is 0 Å². The molecule has 0 saturated heterocycles. The Morgan fingerprint density at radius 3 is 2.14 bits per heavy atom. The molecule has 0 saturated carbocycles. The molecule has 1 aliphatic rings. The van der Waals surface area contributed by atoms with Crippen LogP contribution >= 0.6 is 0 Å². The molecule has 0 aliphatic carbocycles. The minimum atomic E-state index is -3.57. The Balaban J connectivity index is 1.97. The minimum absolute atomic E-state index is 0.236. The number of benzene rings is 1. The van der Waals surface area contributed by atoms with Crippen molar-refractivity contribution in [3.63, 3.8) is 0 Å². The van der Waals surface area contributed by atoms with Gasteiger partial charge in [0.1, 0.15) is 0 Å². The van der Waals surface area contributed by atoms with Crippen LogP contribution in [0, 0.1) is 0 Å². The Morgan fingerprint density at radius 2 is 1.64 bits per heavy atom. The average Bonchev–Trinajstić information content (AvgIpc) is 2.69. The Hall–Kier alpha value is -2.42. The van der Waals surface area contributed by atoms with Crippen LogP contribution in [-0.2, 0) is 9.84 Å². The van der Waals surface area contributed by atoms with Gasteiger partial charge in [0.25, 0.3) is 11.8 Å². The maximum atomic E-state index is 12.0. The van der Waals surface area contributed by atoms with Crippen LogP contribution < -0.4 is 5.32 Å². The van der Waals surface area contributed by atoms with E-state index in [1.807, 2.05) is 5.32 Å². The molecule has 0 bridgehead atoms. The van der Waals surface area contributed by atoms with Gasteiger partial charge in [-0.2, -0.15) is 0 Å². The van der Waals surface area contributed by atoms with Gasteiger partial charge in [0, 0.05) is 13.1 Å². The fourth-order valence-corrected chi connectivity index (χ4v) is 3.17. The molecule has 1 aliphatic heterocycles. The predicted octanol–water partition coefficient (Wildman–Crippen LogP) is -0.0350. The molecule has 8 nitrogen and oxygen atoms in total. The number of nitrogens with zero attached hydrogens (tertiary/aromatic N) is 1. The van der Waals surface area contributed by atoms with E-state index in [9.17, 15) is 22.8 Å². The fourth-order valence-electron chi connectivity index (χ4n) is 2.09. The Morgan fingerprint density at radius 1 is 1.09 bits per heavy atom. The zero-order valence-corrected chi connectivity index (χ0v) is 12.3. The topological polar surface area (TPSA) is 121 Å². The highest BCUT2D eigenvalue weighted by atomic mass is 32.2. The molecule has 0 aromatic heterocycles. The van der Waals surface area contributed by atoms with Crippen molar-refractivity contribution < 1.29 is 27.9 Å². The molecule has 3 amide bonds. The molecule has 0 unspecified atom stereocenters. The van der Waals surface area contributed by atoms with Crippen LogP contribution in [0.15, 0.2) is 24.3 Å². The Kier molecular flexibility index (Phi) is 4.45. The minimum Gasteiger partial charge on any atom is -0.465 e. The predicted molar refractivity (Wildman–Crippen MR) is 76.5 cm³/mol. The number of rotatable bonds is 6. The number of carbonyl (C=O) groups is 3. The van der Waals surface area contributed by atoms with E-state index in [2.05, 4.69) is 0 Å². The van der Waals surface area contributed by atoms with E-state index in [1.165, 1.54) is 12.1 Å². The fraction of sp³-hybridized carbons (Fsp3) is 0.308. The van der Waals surface area contributed by atoms with E-state index in [0.29, 0.717) is 0 Å². The number of amides is 3. The number of sulfone groups is 1. The van der Waals surface area contributed by atoms with Crippen molar-refractivity contribution >= 4 is 27.7 Å². The average molecular weight is 326 g/mol. The first kappa shape index (κ1) is 16.0. The van der Waals surface area contributed by atoms with E-state index < -0.39 is 33.5 Å². The lowest BCUT2D eigenvalue weighted by atomic mass is 10.1. The molecule has 0 atom stereocenters. The van der Waals surface area contributed by atoms with Gasteiger partial charge in [-0.05, 0) is 12.1 Å². The lowest BCUT2D eigenvalue weighted by molar-refractivity contribution is 0.0664. The highest BCUT2D eigenvalue weighted by Crippen LogP contribution is 2.22. The molecule has 22 heavy (non-hydrogen) atoms. The zero-order valence-electron chi connectivity index (χ0n) is 11.5. The number of carbonyl (C=O) groups excluding carboxylic acids is 2. The van der Waals surface area contributed by atoms with Crippen molar-refractivity contribution in [2.24, 2.45) is 0 Å². The van der Waals surface area contributed by atoms with Crippen LogP contribution in [0.1, 0.15) is 20.7 Å². The highest BCUT2D eigenvalue weighted by molar-refractivity contribution is 7.91. The molecule has 0 fully saturated rings. The van der Waals surface area contributed by atoms with Gasteiger partial charge in [-0.1, -0.05) is 12.1 Å². The molecule has 9 heteroatoms. The standard InChI is InChI=1S/C13H14N2O6S/c16-11-9-3-1-2-4-10(9)12(17)15(11)6-8-22(20,21)7-5-14-13(18)19/h1-4,14H,5-8H2,(H,18,19). The van der Waals surface area contributed by atoms with Gasteiger partial charge in [0.15, 0.2) is 9.84 Å². The van der Waals surface area contributed by atoms with Crippen molar-refractivity contribution in [2.75, 3.05) is 24.6 Å². The van der Waals surface area contributed by atoms with E-state index in [1.54, 1.807) is 12.1 Å². The number of hydrogen-bond donors (Lipinski definition) is 2. The summed E-state index contributed by atoms with van der Waals surface area (Å²) in [6.45, 7) is -0.485. The summed E-state index contributed by atoms with van der Waals surface area (Å²) in [5.74, 6) is -1.82. The van der Waals surface area contributed by atoms with Gasteiger partial charge in [0.05, 0.1) is 22.6 Å². The normalized spacial score (nSPS) is 14.1. The van der Waals surface area contributed by atoms with Crippen molar-refractivity contribution in [3.8, 4) is 0 Å². The first-order valence-electron chi connectivity index (χ1n) is 6.44. The second kappa shape index (κ2) is 6.14. The summed E-state index contributed by atoms with van der Waals surface area (Å²) in [7, 11) is -3.57. The number of hydrogen-bond acceptors (Lipinski definition) is 5. The van der Waals surface area contributed by atoms with Gasteiger partial charge < -0.3 is 10.4 Å². The van der Waals surface area contributed by atoms with Crippen LogP contribution in [0.4, 0.5) is 4.79 Å². The third kappa shape index (κ3) is 3.42. The Labute approximate surface area is 126 Å². The number of fused-ring (bicyclic) bond motifs is 1. The monoisotopic (exact) mass is 326 g/mol. The zero-order chi connectivity index (χ0) is 16.3. The molecular weight excluding hydrogens is 312 g/mol. The molecule has 2 N–H and O–H groups in total. The molecule has 1 heterocycles. The molecule has 1 aromatic rings. The molecular formula is C13H14N2O6S. The third-order valence-electron chi connectivity index (χ3n) is 3.19. The van der Waals surface area contributed by atoms with Gasteiger partial charge in [-0.25, -0.2) is 13.2 Å². The van der Waals surface area contributed by atoms with Gasteiger partial charge >= 0.3 is 6.09 Å². The van der Waals surface area contributed by atoms with Crippen LogP contribution in [0.5, 0.6) is 0 Å². The van der Waals surface area contributed by atoms with E-state index in [4.69, 9.17) is 5.11 Å². The summed E-state index contributed by atoms with van der Waals surface area (Å²) in [4.78, 5) is 35.3. The smallest absolute Gasteiger partial charge is 0.404 e. The molecule has 0 spiro atoms. The second-order valence-corrected chi connectivity index (χ2v) is 6.99. The summed E-state index contributed by atoms with van der Waals surface area (Å²) in [5.41, 5.74) is 0.523. The third-order valence-corrected chi connectivity index (χ3v) is 4.82. The molecule has 118 valence electrons. The van der Waals surface area contributed by atoms with Crippen LogP contribution in [0.25, 0.3) is 0 Å². The van der Waals surface area contributed by atoms with Crippen LogP contribution in [0.3, 0.4) is 0 Å². The summed E-state index contributed by atoms with van der Waals surface area (Å²) in [6.07, 6.45) is -1.31. The first-order valence-corrected chi connectivity index (χ1v) is 8.26. The molecule has 1 aromatic carbocycles. The number of nitrogens with one attached hydrogen (secondary N) is 1. The first-order chi connectivity index (χ1) is 10.3. The summed E-state index contributed by atoms with van der Waals surface area (Å²) >= 11 is 0. The SMILES string of the molecule is O=C(O)NCCS(=O)(=O)CCN1C(=O)c2ccccc2C1=O. The van der Waals surface area contributed by atoms with Crippen molar-refractivity contribution in [2.45, 2.75) is 0 Å². The van der Waals surface area contributed by atoms with Gasteiger partial charge in [-0.3, -0.25) is 14.5 Å². The van der Waals surface area contributed by atoms with Gasteiger partial charge in [-0.15, -0.1) is 0 Å². The summed E-state index contributed by atoms with van der Waals surface area (Å²) in [6, 6.07) is 6.28. The lowest BCUT2D eigenvalue weighted by Crippen LogP contribution is -2.36. The van der Waals surface area contributed by atoms with E-state index >= 15 is 0 Å². The molecule has 0 radical (unpaired) electrons. The maximum absolute atomic E-state index is 12.0. The maximum Gasteiger partial charge on any atom is 0.404 e. The van der Waals surface area contributed by atoms with Crippen molar-refractivity contribution in [1.82, 2.24) is 10.2 Å². The van der Waals surface area contributed by atoms with E-state index in [-0.39, 0.29) is 30.0 Å². The largest absolute Gasteiger partial charge is 0.465 e. The Bertz CT molecular complexity index is 693. The second-order valence-electron chi connectivity index (χ2n) is 4.69. The lowest BCUT2D eigenvalue weighted by Gasteiger charge is -2.13. The quantitative estimate of drug-likeness (QED) is 0.708.